The first-order valence-electron chi connectivity index (χ1n) is 21.3. The van der Waals surface area contributed by atoms with Crippen LogP contribution < -0.4 is 29.6 Å². The third kappa shape index (κ3) is 8.99. The third-order valence-electron chi connectivity index (χ3n) is 11.1. The average molecular weight is 825 g/mol. The van der Waals surface area contributed by atoms with Crippen LogP contribution in [-0.2, 0) is 0 Å². The highest BCUT2D eigenvalue weighted by atomic mass is 16.5. The highest BCUT2D eigenvalue weighted by Gasteiger charge is 2.35. The summed E-state index contributed by atoms with van der Waals surface area (Å²) in [5.41, 5.74) is 14.0. The highest BCUT2D eigenvalue weighted by molar-refractivity contribution is 6.06. The zero-order valence-electron chi connectivity index (χ0n) is 36.0. The van der Waals surface area contributed by atoms with Gasteiger partial charge in [0.2, 0.25) is 0 Å². The molecule has 4 aliphatic rings. The molecule has 2 N–H and O–H groups in total. The van der Waals surface area contributed by atoms with Gasteiger partial charge < -0.3 is 39.4 Å². The number of methoxy groups -OCH3 is 2. The van der Waals surface area contributed by atoms with Crippen molar-refractivity contribution in [3.05, 3.63) is 107 Å². The predicted molar refractivity (Wildman–Crippen MR) is 244 cm³/mol. The lowest BCUT2D eigenvalue weighted by Crippen LogP contribution is -2.32. The van der Waals surface area contributed by atoms with E-state index in [0.29, 0.717) is 83.7 Å². The monoisotopic (exact) mass is 824 g/mol. The van der Waals surface area contributed by atoms with Crippen molar-refractivity contribution in [2.24, 2.45) is 9.98 Å². The van der Waals surface area contributed by atoms with Gasteiger partial charge >= 0.3 is 0 Å². The third-order valence-corrected chi connectivity index (χ3v) is 11.1. The number of amides is 2. The molecule has 0 aromatic heterocycles. The van der Waals surface area contributed by atoms with E-state index >= 15 is 0 Å². The smallest absolute Gasteiger partial charge is 0.260 e. The first-order valence-corrected chi connectivity index (χ1v) is 21.3. The van der Waals surface area contributed by atoms with Crippen LogP contribution in [0.25, 0.3) is 11.1 Å². The van der Waals surface area contributed by atoms with Crippen LogP contribution in [0.4, 0.5) is 22.7 Å². The van der Waals surface area contributed by atoms with E-state index in [1.54, 1.807) is 48.3 Å². The fraction of sp³-hybridized carbons (Fsp3) is 0.347. The number of ether oxygens (including phenoxy) is 4. The molecule has 0 saturated carbocycles. The lowest BCUT2D eigenvalue weighted by Gasteiger charge is -2.24. The van der Waals surface area contributed by atoms with Crippen LogP contribution in [0.5, 0.6) is 23.0 Å². The van der Waals surface area contributed by atoms with Gasteiger partial charge in [-0.2, -0.15) is 0 Å². The molecule has 12 heteroatoms. The molecular weight excluding hydrogens is 769 g/mol. The van der Waals surface area contributed by atoms with Crippen molar-refractivity contribution in [3.63, 3.8) is 0 Å². The molecule has 2 atom stereocenters. The van der Waals surface area contributed by atoms with E-state index in [1.807, 2.05) is 62.9 Å². The molecular formula is C49H56N6O6. The van der Waals surface area contributed by atoms with E-state index in [2.05, 4.69) is 43.0 Å². The minimum absolute atomic E-state index is 0.134. The standard InChI is InChI=1S/C47H50N6O6.C2H6/c1-5-16-51(17-6-2)35-14-10-31(11-15-35)33-21-37-27-50-41-25-45(43(57-4)23-39(41)47(55)53(37)29-33)59-19-7-18-58-44-24-40-38(22-42(44)56-3)46(54)52-28-32(20-36(52)26-49-40)30-8-12-34(48)13-9-30;1-2/h8-15,22-29,36-37H,5-7,16-21,48H2,1-4H3;1-2H3. The summed E-state index contributed by atoms with van der Waals surface area (Å²) in [6.07, 6.45) is 11.6. The summed E-state index contributed by atoms with van der Waals surface area (Å²) in [4.78, 5) is 43.1. The molecule has 0 bridgehead atoms. The largest absolute Gasteiger partial charge is 0.493 e. The zero-order valence-corrected chi connectivity index (χ0v) is 36.0. The van der Waals surface area contributed by atoms with Gasteiger partial charge in [-0.15, -0.1) is 0 Å². The quantitative estimate of drug-likeness (QED) is 0.0927. The number of nitrogens with zero attached hydrogens (tertiary/aromatic N) is 5. The number of nitrogen functional groups attached to an aromatic ring is 1. The highest BCUT2D eigenvalue weighted by Crippen LogP contribution is 2.42. The number of rotatable bonds is 15. The van der Waals surface area contributed by atoms with Crippen LogP contribution in [0.2, 0.25) is 0 Å². The summed E-state index contributed by atoms with van der Waals surface area (Å²) in [5.74, 6) is 1.55. The second-order valence-corrected chi connectivity index (χ2v) is 15.1. The molecule has 61 heavy (non-hydrogen) atoms. The lowest BCUT2D eigenvalue weighted by atomic mass is 10.0. The number of benzene rings is 4. The van der Waals surface area contributed by atoms with Crippen molar-refractivity contribution in [2.75, 3.05) is 51.2 Å². The van der Waals surface area contributed by atoms with Crippen LogP contribution in [-0.4, -0.2) is 86.6 Å². The van der Waals surface area contributed by atoms with E-state index < -0.39 is 0 Å². The maximum Gasteiger partial charge on any atom is 0.260 e. The van der Waals surface area contributed by atoms with Gasteiger partial charge in [0.1, 0.15) is 0 Å². The molecule has 318 valence electrons. The fourth-order valence-electron chi connectivity index (χ4n) is 8.06. The van der Waals surface area contributed by atoms with Crippen LogP contribution in [0.3, 0.4) is 0 Å². The van der Waals surface area contributed by atoms with E-state index in [4.69, 9.17) is 34.7 Å². The molecule has 0 radical (unpaired) electrons. The Bertz CT molecular complexity index is 2350. The van der Waals surface area contributed by atoms with Crippen LogP contribution >= 0.6 is 0 Å². The molecule has 12 nitrogen and oxygen atoms in total. The van der Waals surface area contributed by atoms with E-state index in [0.717, 1.165) is 48.2 Å². The molecule has 4 aromatic carbocycles. The number of fused-ring (bicyclic) bond motifs is 4. The van der Waals surface area contributed by atoms with Crippen LogP contribution in [0, 0.1) is 0 Å². The number of hydrogen-bond donors (Lipinski definition) is 1. The van der Waals surface area contributed by atoms with Crippen molar-refractivity contribution in [1.82, 2.24) is 9.80 Å². The first kappa shape index (κ1) is 42.6. The van der Waals surface area contributed by atoms with E-state index in [1.165, 1.54) is 5.69 Å². The summed E-state index contributed by atoms with van der Waals surface area (Å²) in [5, 5.41) is 0. The number of hydrogen-bond acceptors (Lipinski definition) is 10. The number of anilines is 2. The molecule has 0 saturated heterocycles. The Kier molecular flexibility index (Phi) is 13.4. The van der Waals surface area contributed by atoms with Crippen LogP contribution in [0.15, 0.2) is 95.2 Å². The molecule has 0 fully saturated rings. The Hall–Kier alpha value is -6.56. The summed E-state index contributed by atoms with van der Waals surface area (Å²) in [6.45, 7) is 11.1. The Morgan fingerprint density at radius 1 is 0.656 bits per heavy atom. The van der Waals surface area contributed by atoms with Crippen molar-refractivity contribution in [1.29, 1.82) is 0 Å². The minimum Gasteiger partial charge on any atom is -0.493 e. The molecule has 2 unspecified atom stereocenters. The van der Waals surface area contributed by atoms with Gasteiger partial charge in [0.05, 0.1) is 62.0 Å². The Balaban J connectivity index is 0.00000277. The molecule has 4 heterocycles. The minimum atomic E-state index is -0.202. The fourth-order valence-corrected chi connectivity index (χ4v) is 8.06. The number of carbonyl (C=O) groups excluding carboxylic acids is 2. The van der Waals surface area contributed by atoms with Gasteiger partial charge in [-0.05, 0) is 71.5 Å². The predicted octanol–water partition coefficient (Wildman–Crippen LogP) is 9.73. The molecule has 0 spiro atoms. The summed E-state index contributed by atoms with van der Waals surface area (Å²) >= 11 is 0. The first-order chi connectivity index (χ1) is 29.8. The van der Waals surface area contributed by atoms with Crippen molar-refractivity contribution in [3.8, 4) is 23.0 Å². The maximum atomic E-state index is 13.9. The second kappa shape index (κ2) is 19.2. The molecule has 2 amide bonds. The Morgan fingerprint density at radius 3 is 1.52 bits per heavy atom. The number of aliphatic imine (C=N–C) groups is 2. The SMILES string of the molecule is CC.CCCN(CCC)c1ccc(C2=CN3C(=O)c4cc(OC)c(OCCCOc5cc6c(cc5OC)C(=O)N5C=C(c7ccc(N)cc7)CC5C=N6)cc4N=CC3C2)cc1. The molecule has 0 aliphatic carbocycles. The lowest BCUT2D eigenvalue weighted by molar-refractivity contribution is 0.0809. The molecule has 4 aromatic rings. The second-order valence-electron chi connectivity index (χ2n) is 15.1. The van der Waals surface area contributed by atoms with Gasteiger partial charge in [0.25, 0.3) is 11.8 Å². The van der Waals surface area contributed by atoms with Gasteiger partial charge in [0, 0.05) is 80.7 Å². The average Bonchev–Trinajstić information content (AvgIpc) is 3.87. The summed E-state index contributed by atoms with van der Waals surface area (Å²) in [7, 11) is 3.10. The summed E-state index contributed by atoms with van der Waals surface area (Å²) in [6, 6.07) is 22.8. The van der Waals surface area contributed by atoms with E-state index in [9.17, 15) is 9.59 Å². The van der Waals surface area contributed by atoms with Gasteiger partial charge in [-0.3, -0.25) is 19.6 Å². The number of carbonyl (C=O) groups is 2. The summed E-state index contributed by atoms with van der Waals surface area (Å²) < 4.78 is 23.7. The Morgan fingerprint density at radius 2 is 1.10 bits per heavy atom. The van der Waals surface area contributed by atoms with Gasteiger partial charge in [-0.25, -0.2) is 0 Å². The van der Waals surface area contributed by atoms with Gasteiger partial charge in [0.15, 0.2) is 23.0 Å². The number of nitrogens with two attached hydrogens (primary N) is 1. The topological polar surface area (TPSA) is 132 Å². The molecule has 8 rings (SSSR count). The maximum absolute atomic E-state index is 13.9. The van der Waals surface area contributed by atoms with Crippen molar-refractivity contribution < 1.29 is 28.5 Å². The normalized spacial score (nSPS) is 17.1. The molecule has 4 aliphatic heterocycles. The van der Waals surface area contributed by atoms with Gasteiger partial charge in [-0.1, -0.05) is 52.0 Å². The van der Waals surface area contributed by atoms with Crippen LogP contribution in [0.1, 0.15) is 91.6 Å². The van der Waals surface area contributed by atoms with Crippen molar-refractivity contribution >= 4 is 58.1 Å². The Labute approximate surface area is 359 Å². The zero-order chi connectivity index (χ0) is 43.0. The van der Waals surface area contributed by atoms with E-state index in [-0.39, 0.29) is 23.9 Å². The van der Waals surface area contributed by atoms with Crippen molar-refractivity contribution in [2.45, 2.75) is 71.9 Å².